The Kier molecular flexibility index (Phi) is 3.32. The Morgan fingerprint density at radius 3 is 2.60 bits per heavy atom. The Balaban J connectivity index is 2.15. The third-order valence-corrected chi connectivity index (χ3v) is 4.65. The zero-order chi connectivity index (χ0) is 14.3. The van der Waals surface area contributed by atoms with Crippen molar-refractivity contribution in [3.63, 3.8) is 0 Å². The third kappa shape index (κ3) is 2.34. The number of hydrogen-bond donors (Lipinski definition) is 1. The molecule has 0 spiro atoms. The first-order valence-corrected chi connectivity index (χ1v) is 7.51. The fourth-order valence-electron chi connectivity index (χ4n) is 2.60. The Labute approximate surface area is 117 Å². The van der Waals surface area contributed by atoms with Crippen LogP contribution in [0.4, 0.5) is 13.2 Å². The summed E-state index contributed by atoms with van der Waals surface area (Å²) in [6.07, 6.45) is -2.77. The molecule has 2 aromatic rings. The summed E-state index contributed by atoms with van der Waals surface area (Å²) in [7, 11) is 0. The average molecular weight is 302 g/mol. The van der Waals surface area contributed by atoms with E-state index in [9.17, 15) is 18.0 Å². The molecule has 0 saturated carbocycles. The number of alkyl halides is 3. The minimum atomic E-state index is -4.39. The normalized spacial score (nSPS) is 17.8. The van der Waals surface area contributed by atoms with Gasteiger partial charge in [-0.25, -0.2) is 4.79 Å². The first kappa shape index (κ1) is 13.6. The molecule has 1 aliphatic heterocycles. The van der Waals surface area contributed by atoms with Crippen molar-refractivity contribution in [3.05, 3.63) is 34.2 Å². The highest BCUT2D eigenvalue weighted by Crippen LogP contribution is 2.33. The minimum absolute atomic E-state index is 0.0130. The van der Waals surface area contributed by atoms with Crippen LogP contribution in [0.25, 0.3) is 11.0 Å². The van der Waals surface area contributed by atoms with Crippen LogP contribution in [-0.2, 0) is 6.18 Å². The Hall–Kier alpha value is -1.37. The molecule has 0 amide bonds. The fourth-order valence-corrected chi connectivity index (χ4v) is 3.69. The van der Waals surface area contributed by atoms with E-state index in [1.165, 1.54) is 10.6 Å². The molecule has 0 aliphatic carbocycles. The summed E-state index contributed by atoms with van der Waals surface area (Å²) in [5.74, 6) is 1.87. The maximum absolute atomic E-state index is 12.8. The highest BCUT2D eigenvalue weighted by atomic mass is 32.2. The van der Waals surface area contributed by atoms with Crippen LogP contribution in [0.1, 0.15) is 24.4 Å². The van der Waals surface area contributed by atoms with Crippen LogP contribution >= 0.6 is 11.8 Å². The molecule has 108 valence electrons. The molecule has 1 saturated heterocycles. The molecule has 0 bridgehead atoms. The number of nitrogens with zero attached hydrogens (tertiary/aromatic N) is 1. The Bertz CT molecular complexity index is 683. The van der Waals surface area contributed by atoms with Gasteiger partial charge in [0.2, 0.25) is 0 Å². The molecular weight excluding hydrogens is 289 g/mol. The fraction of sp³-hybridized carbons (Fsp3) is 0.462. The van der Waals surface area contributed by atoms with Crippen LogP contribution < -0.4 is 5.69 Å². The van der Waals surface area contributed by atoms with E-state index in [-0.39, 0.29) is 11.7 Å². The number of H-pyrrole nitrogens is 1. The molecule has 0 radical (unpaired) electrons. The monoisotopic (exact) mass is 302 g/mol. The van der Waals surface area contributed by atoms with Crippen LogP contribution in [0.15, 0.2) is 23.0 Å². The summed E-state index contributed by atoms with van der Waals surface area (Å²) >= 11 is 1.81. The van der Waals surface area contributed by atoms with Crippen LogP contribution in [0.2, 0.25) is 0 Å². The summed E-state index contributed by atoms with van der Waals surface area (Å²) in [4.78, 5) is 14.7. The quantitative estimate of drug-likeness (QED) is 0.876. The number of thioether (sulfide) groups is 1. The van der Waals surface area contributed by atoms with Crippen molar-refractivity contribution in [1.82, 2.24) is 9.55 Å². The average Bonchev–Trinajstić information content (AvgIpc) is 2.73. The van der Waals surface area contributed by atoms with E-state index in [1.54, 1.807) is 0 Å². The zero-order valence-electron chi connectivity index (χ0n) is 10.5. The molecule has 1 aliphatic rings. The van der Waals surface area contributed by atoms with Gasteiger partial charge in [-0.3, -0.25) is 4.57 Å². The first-order valence-electron chi connectivity index (χ1n) is 6.36. The lowest BCUT2D eigenvalue weighted by Crippen LogP contribution is -2.25. The van der Waals surface area contributed by atoms with Crippen molar-refractivity contribution in [2.24, 2.45) is 0 Å². The highest BCUT2D eigenvalue weighted by molar-refractivity contribution is 7.99. The predicted octanol–water partition coefficient (Wildman–Crippen LogP) is 3.42. The number of halogens is 3. The highest BCUT2D eigenvalue weighted by Gasteiger charge is 2.31. The summed E-state index contributed by atoms with van der Waals surface area (Å²) in [6, 6.07) is 3.38. The van der Waals surface area contributed by atoms with Gasteiger partial charge in [-0.1, -0.05) is 0 Å². The number of fused-ring (bicyclic) bond motifs is 1. The topological polar surface area (TPSA) is 37.8 Å². The predicted molar refractivity (Wildman–Crippen MR) is 73.2 cm³/mol. The van der Waals surface area contributed by atoms with Crippen molar-refractivity contribution in [2.75, 3.05) is 11.5 Å². The number of hydrogen-bond acceptors (Lipinski definition) is 2. The van der Waals surface area contributed by atoms with Crippen LogP contribution in [0.3, 0.4) is 0 Å². The number of nitrogens with one attached hydrogen (secondary N) is 1. The second-order valence-electron chi connectivity index (χ2n) is 4.87. The molecule has 0 atom stereocenters. The molecule has 1 N–H and O–H groups in total. The summed E-state index contributed by atoms with van der Waals surface area (Å²) in [6.45, 7) is 0. The van der Waals surface area contributed by atoms with Gasteiger partial charge in [0, 0.05) is 6.04 Å². The molecule has 20 heavy (non-hydrogen) atoms. The second-order valence-corrected chi connectivity index (χ2v) is 6.10. The van der Waals surface area contributed by atoms with Gasteiger partial charge in [-0.05, 0) is 42.5 Å². The third-order valence-electron chi connectivity index (χ3n) is 3.60. The van der Waals surface area contributed by atoms with Crippen molar-refractivity contribution >= 4 is 22.8 Å². The van der Waals surface area contributed by atoms with Gasteiger partial charge in [-0.2, -0.15) is 24.9 Å². The molecule has 1 aromatic heterocycles. The van der Waals surface area contributed by atoms with Crippen molar-refractivity contribution in [1.29, 1.82) is 0 Å². The minimum Gasteiger partial charge on any atom is -0.306 e. The maximum Gasteiger partial charge on any atom is 0.416 e. The van der Waals surface area contributed by atoms with Gasteiger partial charge < -0.3 is 4.98 Å². The zero-order valence-corrected chi connectivity index (χ0v) is 11.4. The number of aromatic nitrogens is 2. The lowest BCUT2D eigenvalue weighted by molar-refractivity contribution is -0.137. The molecule has 2 heterocycles. The Morgan fingerprint density at radius 2 is 1.95 bits per heavy atom. The second kappa shape index (κ2) is 4.87. The molecule has 1 aromatic carbocycles. The summed E-state index contributed by atoms with van der Waals surface area (Å²) in [5, 5.41) is 0. The van der Waals surface area contributed by atoms with E-state index in [1.807, 2.05) is 11.8 Å². The molecule has 0 unspecified atom stereocenters. The van der Waals surface area contributed by atoms with E-state index in [4.69, 9.17) is 0 Å². The number of imidazole rings is 1. The molecular formula is C13H13F3N2OS. The van der Waals surface area contributed by atoms with E-state index < -0.39 is 11.7 Å². The van der Waals surface area contributed by atoms with Crippen molar-refractivity contribution < 1.29 is 13.2 Å². The Morgan fingerprint density at radius 1 is 1.25 bits per heavy atom. The van der Waals surface area contributed by atoms with Gasteiger partial charge >= 0.3 is 11.9 Å². The molecule has 1 fully saturated rings. The smallest absolute Gasteiger partial charge is 0.306 e. The van der Waals surface area contributed by atoms with Gasteiger partial charge in [0.1, 0.15) is 0 Å². The van der Waals surface area contributed by atoms with E-state index in [0.29, 0.717) is 11.0 Å². The largest absolute Gasteiger partial charge is 0.416 e. The maximum atomic E-state index is 12.8. The molecule has 3 nitrogen and oxygen atoms in total. The molecule has 7 heteroatoms. The van der Waals surface area contributed by atoms with Gasteiger partial charge in [0.05, 0.1) is 16.6 Å². The number of benzene rings is 1. The SMILES string of the molecule is O=c1[nH]c2ccc(C(F)(F)F)cc2n1C1CCSCC1. The standard InChI is InChI=1S/C13H13F3N2OS/c14-13(15,16)8-1-2-10-11(7-8)18(12(19)17-10)9-3-5-20-6-4-9/h1-2,7,9H,3-6H2,(H,17,19). The van der Waals surface area contributed by atoms with Crippen LogP contribution in [0.5, 0.6) is 0 Å². The van der Waals surface area contributed by atoms with Crippen molar-refractivity contribution in [3.8, 4) is 0 Å². The van der Waals surface area contributed by atoms with Crippen LogP contribution in [0, 0.1) is 0 Å². The summed E-state index contributed by atoms with van der Waals surface area (Å²) in [5.41, 5.74) is -0.234. The van der Waals surface area contributed by atoms with Gasteiger partial charge in [-0.15, -0.1) is 0 Å². The number of rotatable bonds is 1. The van der Waals surface area contributed by atoms with E-state index in [0.717, 1.165) is 36.5 Å². The van der Waals surface area contributed by atoms with E-state index >= 15 is 0 Å². The van der Waals surface area contributed by atoms with Crippen molar-refractivity contribution in [2.45, 2.75) is 25.1 Å². The number of aromatic amines is 1. The first-order chi connectivity index (χ1) is 9.47. The van der Waals surface area contributed by atoms with E-state index in [2.05, 4.69) is 4.98 Å². The summed E-state index contributed by atoms with van der Waals surface area (Å²) < 4.78 is 39.9. The lowest BCUT2D eigenvalue weighted by Gasteiger charge is -2.22. The van der Waals surface area contributed by atoms with Crippen LogP contribution in [-0.4, -0.2) is 21.1 Å². The molecule has 3 rings (SSSR count). The lowest BCUT2D eigenvalue weighted by atomic mass is 10.1. The van der Waals surface area contributed by atoms with Gasteiger partial charge in [0.25, 0.3) is 0 Å². The van der Waals surface area contributed by atoms with Gasteiger partial charge in [0.15, 0.2) is 0 Å².